The molecule has 0 aliphatic rings. The van der Waals surface area contributed by atoms with Crippen molar-refractivity contribution in [2.45, 2.75) is 33.2 Å². The van der Waals surface area contributed by atoms with Gasteiger partial charge in [-0.1, -0.05) is 32.9 Å². The third-order valence-electron chi connectivity index (χ3n) is 5.15. The van der Waals surface area contributed by atoms with Crippen LogP contribution in [-0.2, 0) is 6.54 Å². The number of imidazole rings is 1. The second-order valence-electron chi connectivity index (χ2n) is 8.02. The van der Waals surface area contributed by atoms with Crippen LogP contribution in [0.3, 0.4) is 0 Å². The average molecular weight is 404 g/mol. The first-order valence-electron chi connectivity index (χ1n) is 10.0. The van der Waals surface area contributed by atoms with E-state index in [2.05, 4.69) is 53.5 Å². The van der Waals surface area contributed by atoms with Gasteiger partial charge < -0.3 is 9.30 Å². The van der Waals surface area contributed by atoms with Crippen LogP contribution in [0.2, 0.25) is 0 Å². The fourth-order valence-corrected chi connectivity index (χ4v) is 3.59. The zero-order chi connectivity index (χ0) is 21.3. The molecule has 30 heavy (non-hydrogen) atoms. The number of hydrogen-bond acceptors (Lipinski definition) is 5. The molecule has 0 radical (unpaired) electrons. The number of hydrogen-bond donors (Lipinski definition) is 0. The van der Waals surface area contributed by atoms with Crippen LogP contribution in [0.4, 0.5) is 5.69 Å². The van der Waals surface area contributed by atoms with Gasteiger partial charge in [-0.3, -0.25) is 15.1 Å². The van der Waals surface area contributed by atoms with Gasteiger partial charge in [0.05, 0.1) is 35.1 Å². The van der Waals surface area contributed by atoms with Gasteiger partial charge in [0.2, 0.25) is 0 Å². The molecule has 1 unspecified atom stereocenters. The number of aromatic nitrogens is 3. The number of pyridine rings is 1. The van der Waals surface area contributed by atoms with Crippen molar-refractivity contribution in [3.8, 4) is 5.75 Å². The molecule has 0 aliphatic heterocycles. The van der Waals surface area contributed by atoms with Crippen molar-refractivity contribution in [2.24, 2.45) is 5.92 Å². The van der Waals surface area contributed by atoms with Gasteiger partial charge in [-0.05, 0) is 29.7 Å². The van der Waals surface area contributed by atoms with E-state index < -0.39 is 4.92 Å². The quantitative estimate of drug-likeness (QED) is 0.307. The fourth-order valence-electron chi connectivity index (χ4n) is 3.59. The number of rotatable bonds is 7. The fraction of sp³-hybridized carbons (Fsp3) is 0.304. The van der Waals surface area contributed by atoms with Crippen molar-refractivity contribution in [1.29, 1.82) is 0 Å². The Morgan fingerprint density at radius 3 is 2.53 bits per heavy atom. The highest BCUT2D eigenvalue weighted by Gasteiger charge is 2.13. The van der Waals surface area contributed by atoms with Crippen LogP contribution in [0.15, 0.2) is 55.0 Å². The highest BCUT2D eigenvalue weighted by molar-refractivity contribution is 6.02. The maximum Gasteiger partial charge on any atom is 0.269 e. The topological polar surface area (TPSA) is 83.1 Å². The predicted molar refractivity (Wildman–Crippen MR) is 117 cm³/mol. The average Bonchev–Trinajstić information content (AvgIpc) is 3.14. The Morgan fingerprint density at radius 1 is 1.07 bits per heavy atom. The van der Waals surface area contributed by atoms with Gasteiger partial charge in [-0.2, -0.15) is 0 Å². The molecule has 0 saturated carbocycles. The first-order valence-corrected chi connectivity index (χ1v) is 10.0. The lowest BCUT2D eigenvalue weighted by Crippen LogP contribution is -2.07. The Kier molecular flexibility index (Phi) is 5.35. The summed E-state index contributed by atoms with van der Waals surface area (Å²) in [6.45, 7) is 7.86. The highest BCUT2D eigenvalue weighted by Crippen LogP contribution is 2.27. The molecule has 4 aromatic rings. The Balaban J connectivity index is 1.55. The summed E-state index contributed by atoms with van der Waals surface area (Å²) in [6, 6.07) is 12.5. The van der Waals surface area contributed by atoms with E-state index in [4.69, 9.17) is 4.74 Å². The molecule has 154 valence electrons. The normalized spacial score (nSPS) is 12.5. The van der Waals surface area contributed by atoms with Crippen LogP contribution >= 0.6 is 0 Å². The molecule has 0 amide bonds. The van der Waals surface area contributed by atoms with Crippen molar-refractivity contribution in [1.82, 2.24) is 14.5 Å². The van der Waals surface area contributed by atoms with Gasteiger partial charge in [-0.15, -0.1) is 0 Å². The number of non-ortho nitro benzene ring substituents is 1. The minimum atomic E-state index is -0.418. The molecule has 2 aromatic carbocycles. The van der Waals surface area contributed by atoms with Crippen LogP contribution < -0.4 is 4.74 Å². The summed E-state index contributed by atoms with van der Waals surface area (Å²) in [5, 5.41) is 11.9. The first kappa shape index (κ1) is 19.8. The first-order chi connectivity index (χ1) is 14.4. The maximum atomic E-state index is 10.8. The molecule has 0 fully saturated rings. The standard InChI is InChI=1S/C23H24N4O3/c1-15(2)12-26-14-25-22-11-24-21-10-17(4-9-20(21)23(22)26)16(3)13-30-19-7-5-18(6-8-19)27(28)29/h4-11,14-16H,12-13H2,1-3H3. The lowest BCUT2D eigenvalue weighted by atomic mass is 10.00. The van der Waals surface area contributed by atoms with E-state index in [0.29, 0.717) is 18.3 Å². The number of ether oxygens (including phenoxy) is 1. The summed E-state index contributed by atoms with van der Waals surface area (Å²) < 4.78 is 8.03. The Morgan fingerprint density at radius 2 is 1.83 bits per heavy atom. The zero-order valence-electron chi connectivity index (χ0n) is 17.3. The number of benzene rings is 2. The maximum absolute atomic E-state index is 10.8. The molecular weight excluding hydrogens is 380 g/mol. The second kappa shape index (κ2) is 8.10. The van der Waals surface area contributed by atoms with Crippen molar-refractivity contribution >= 4 is 27.6 Å². The van der Waals surface area contributed by atoms with Crippen molar-refractivity contribution in [3.05, 3.63) is 70.7 Å². The Hall–Kier alpha value is -3.48. The van der Waals surface area contributed by atoms with E-state index in [1.807, 2.05) is 12.5 Å². The largest absolute Gasteiger partial charge is 0.493 e. The predicted octanol–water partition coefficient (Wildman–Crippen LogP) is 5.33. The van der Waals surface area contributed by atoms with Crippen LogP contribution in [0.1, 0.15) is 32.3 Å². The summed E-state index contributed by atoms with van der Waals surface area (Å²) >= 11 is 0. The van der Waals surface area contributed by atoms with E-state index in [1.54, 1.807) is 12.1 Å². The highest BCUT2D eigenvalue weighted by atomic mass is 16.6. The molecule has 1 atom stereocenters. The molecule has 2 heterocycles. The third-order valence-corrected chi connectivity index (χ3v) is 5.15. The van der Waals surface area contributed by atoms with Crippen molar-refractivity contribution < 1.29 is 9.66 Å². The minimum Gasteiger partial charge on any atom is -0.493 e. The van der Waals surface area contributed by atoms with Crippen LogP contribution in [0, 0.1) is 16.0 Å². The van der Waals surface area contributed by atoms with Gasteiger partial charge in [0, 0.05) is 30.0 Å². The Labute approximate surface area is 174 Å². The van der Waals surface area contributed by atoms with Crippen molar-refractivity contribution in [3.63, 3.8) is 0 Å². The zero-order valence-corrected chi connectivity index (χ0v) is 17.3. The Bertz CT molecular complexity index is 1200. The molecule has 7 nitrogen and oxygen atoms in total. The van der Waals surface area contributed by atoms with E-state index in [0.717, 1.165) is 34.0 Å². The van der Waals surface area contributed by atoms with Gasteiger partial charge in [0.25, 0.3) is 5.69 Å². The number of nitro benzene ring substituents is 1. The van der Waals surface area contributed by atoms with E-state index in [-0.39, 0.29) is 11.6 Å². The van der Waals surface area contributed by atoms with Crippen LogP contribution in [0.5, 0.6) is 5.75 Å². The smallest absolute Gasteiger partial charge is 0.269 e. The third kappa shape index (κ3) is 3.96. The molecule has 0 aliphatic carbocycles. The van der Waals surface area contributed by atoms with Gasteiger partial charge in [-0.25, -0.2) is 4.98 Å². The monoisotopic (exact) mass is 404 g/mol. The number of fused-ring (bicyclic) bond motifs is 3. The lowest BCUT2D eigenvalue weighted by Gasteiger charge is -2.15. The summed E-state index contributed by atoms with van der Waals surface area (Å²) in [5.74, 6) is 1.29. The van der Waals surface area contributed by atoms with Crippen LogP contribution in [0.25, 0.3) is 21.9 Å². The molecular formula is C23H24N4O3. The molecule has 4 rings (SSSR count). The summed E-state index contributed by atoms with van der Waals surface area (Å²) in [4.78, 5) is 19.5. The van der Waals surface area contributed by atoms with Gasteiger partial charge in [0.1, 0.15) is 11.3 Å². The van der Waals surface area contributed by atoms with E-state index in [1.165, 1.54) is 12.1 Å². The molecule has 0 bridgehead atoms. The lowest BCUT2D eigenvalue weighted by molar-refractivity contribution is -0.384. The second-order valence-corrected chi connectivity index (χ2v) is 8.02. The minimum absolute atomic E-state index is 0.0547. The van der Waals surface area contributed by atoms with E-state index >= 15 is 0 Å². The molecule has 0 N–H and O–H groups in total. The molecule has 0 saturated heterocycles. The SMILES string of the molecule is CC(C)Cn1cnc2cnc3cc(C(C)COc4ccc([N+](=O)[O-])cc4)ccc3c21. The number of nitrogens with zero attached hydrogens (tertiary/aromatic N) is 4. The van der Waals surface area contributed by atoms with Crippen LogP contribution in [-0.4, -0.2) is 26.1 Å². The molecule has 0 spiro atoms. The summed E-state index contributed by atoms with van der Waals surface area (Å²) in [6.07, 6.45) is 3.72. The molecule has 2 aromatic heterocycles. The van der Waals surface area contributed by atoms with E-state index in [9.17, 15) is 10.1 Å². The van der Waals surface area contributed by atoms with Crippen molar-refractivity contribution in [2.75, 3.05) is 6.61 Å². The van der Waals surface area contributed by atoms with Gasteiger partial charge in [0.15, 0.2) is 0 Å². The number of nitro groups is 1. The summed E-state index contributed by atoms with van der Waals surface area (Å²) in [7, 11) is 0. The van der Waals surface area contributed by atoms with Gasteiger partial charge >= 0.3 is 0 Å². The summed E-state index contributed by atoms with van der Waals surface area (Å²) in [5.41, 5.74) is 4.15. The molecule has 7 heteroatoms.